The Morgan fingerprint density at radius 2 is 1.78 bits per heavy atom. The van der Waals surface area contributed by atoms with Gasteiger partial charge >= 0.3 is 0 Å². The van der Waals surface area contributed by atoms with Gasteiger partial charge in [0.05, 0.1) is 12.3 Å². The number of halogens is 1. The lowest BCUT2D eigenvalue weighted by Gasteiger charge is -2.07. The monoisotopic (exact) mass is 399 g/mol. The highest BCUT2D eigenvalue weighted by molar-refractivity contribution is 7.15. The van der Waals surface area contributed by atoms with Crippen LogP contribution in [0, 0.1) is 6.92 Å². The topological polar surface area (TPSA) is 22.1 Å². The number of benzene rings is 2. The fraction of sp³-hybridized carbons (Fsp3) is 0.348. The predicted molar refractivity (Wildman–Crippen MR) is 116 cm³/mol. The Labute approximate surface area is 171 Å². The zero-order valence-electron chi connectivity index (χ0n) is 16.2. The minimum Gasteiger partial charge on any atom is -0.493 e. The van der Waals surface area contributed by atoms with E-state index in [0.717, 1.165) is 33.5 Å². The zero-order valence-corrected chi connectivity index (χ0v) is 17.8. The lowest BCUT2D eigenvalue weighted by Crippen LogP contribution is -2.03. The van der Waals surface area contributed by atoms with Crippen molar-refractivity contribution in [3.05, 3.63) is 69.2 Å². The van der Waals surface area contributed by atoms with Gasteiger partial charge in [-0.1, -0.05) is 43.6 Å². The molecular weight excluding hydrogens is 374 g/mol. The molecule has 0 saturated carbocycles. The second-order valence-electron chi connectivity index (χ2n) is 6.41. The molecule has 142 valence electrons. The molecule has 4 heteroatoms. The molecule has 0 radical (unpaired) electrons. The fourth-order valence-corrected chi connectivity index (χ4v) is 4.37. The minimum absolute atomic E-state index is 0.656. The molecule has 3 aromatic rings. The number of aryl methyl sites for hydroxylation is 3. The normalized spacial score (nSPS) is 12.3. The molecule has 4 rings (SSSR count). The first kappa shape index (κ1) is 19.9. The van der Waals surface area contributed by atoms with Gasteiger partial charge in [0.15, 0.2) is 0 Å². The van der Waals surface area contributed by atoms with Crippen LogP contribution in [0.2, 0.25) is 5.02 Å². The third-order valence-corrected chi connectivity index (χ3v) is 5.98. The SMILES string of the molecule is CC.Cc1sc(-c2ccc(Cl)cc2)nc1CCOc1ccc2c(c1)CCC2. The molecule has 2 aromatic carbocycles. The Balaban J connectivity index is 0.00000102. The molecule has 1 aromatic heterocycles. The molecule has 0 aliphatic heterocycles. The van der Waals surface area contributed by atoms with Gasteiger partial charge < -0.3 is 4.74 Å². The first-order valence-electron chi connectivity index (χ1n) is 9.66. The van der Waals surface area contributed by atoms with E-state index in [1.54, 1.807) is 11.3 Å². The second-order valence-corrected chi connectivity index (χ2v) is 8.05. The molecule has 1 aliphatic rings. The van der Waals surface area contributed by atoms with E-state index in [1.807, 2.05) is 38.1 Å². The van der Waals surface area contributed by atoms with Gasteiger partial charge in [0, 0.05) is 21.9 Å². The smallest absolute Gasteiger partial charge is 0.123 e. The van der Waals surface area contributed by atoms with E-state index in [-0.39, 0.29) is 0 Å². The number of ether oxygens (including phenoxy) is 1. The van der Waals surface area contributed by atoms with E-state index in [0.29, 0.717) is 6.61 Å². The second kappa shape index (κ2) is 9.38. The first-order valence-corrected chi connectivity index (χ1v) is 10.9. The molecule has 27 heavy (non-hydrogen) atoms. The molecule has 0 saturated heterocycles. The summed E-state index contributed by atoms with van der Waals surface area (Å²) in [5.41, 5.74) is 5.17. The molecule has 1 heterocycles. The number of aromatic nitrogens is 1. The largest absolute Gasteiger partial charge is 0.493 e. The average Bonchev–Trinajstić information content (AvgIpc) is 3.30. The Hall–Kier alpha value is -1.84. The van der Waals surface area contributed by atoms with Crippen molar-refractivity contribution in [2.24, 2.45) is 0 Å². The van der Waals surface area contributed by atoms with Gasteiger partial charge in [0.2, 0.25) is 0 Å². The fourth-order valence-electron chi connectivity index (χ4n) is 3.28. The van der Waals surface area contributed by atoms with Gasteiger partial charge in [-0.05, 0) is 61.6 Å². The maximum atomic E-state index is 5.97. The molecule has 1 aliphatic carbocycles. The molecule has 0 spiro atoms. The highest BCUT2D eigenvalue weighted by Crippen LogP contribution is 2.29. The first-order chi connectivity index (χ1) is 13.2. The molecule has 0 N–H and O–H groups in total. The van der Waals surface area contributed by atoms with Crippen LogP contribution in [-0.4, -0.2) is 11.6 Å². The van der Waals surface area contributed by atoms with Crippen LogP contribution >= 0.6 is 22.9 Å². The van der Waals surface area contributed by atoms with Crippen LogP contribution in [0.4, 0.5) is 0 Å². The van der Waals surface area contributed by atoms with Crippen molar-refractivity contribution < 1.29 is 4.74 Å². The standard InChI is InChI=1S/C21H20ClNOS.C2H6/c1-14-20(23-21(25-14)16-5-8-18(22)9-6-16)11-12-24-19-10-7-15-3-2-4-17(15)13-19;1-2/h5-10,13H,2-4,11-12H2,1H3;1-2H3. The van der Waals surface area contributed by atoms with Gasteiger partial charge in [-0.25, -0.2) is 4.98 Å². The molecule has 2 nitrogen and oxygen atoms in total. The highest BCUT2D eigenvalue weighted by atomic mass is 35.5. The van der Waals surface area contributed by atoms with Crippen molar-refractivity contribution >= 4 is 22.9 Å². The van der Waals surface area contributed by atoms with Crippen molar-refractivity contribution in [3.8, 4) is 16.3 Å². The molecule has 0 bridgehead atoms. The molecule has 0 unspecified atom stereocenters. The summed E-state index contributed by atoms with van der Waals surface area (Å²) < 4.78 is 5.97. The van der Waals surface area contributed by atoms with Crippen molar-refractivity contribution in [2.75, 3.05) is 6.61 Å². The van der Waals surface area contributed by atoms with E-state index >= 15 is 0 Å². The van der Waals surface area contributed by atoms with Crippen LogP contribution in [0.15, 0.2) is 42.5 Å². The summed E-state index contributed by atoms with van der Waals surface area (Å²) in [6.45, 7) is 6.78. The number of nitrogens with zero attached hydrogens (tertiary/aromatic N) is 1. The number of rotatable bonds is 5. The Kier molecular flexibility index (Phi) is 6.92. The lowest BCUT2D eigenvalue weighted by atomic mass is 10.1. The zero-order chi connectivity index (χ0) is 19.2. The maximum absolute atomic E-state index is 5.97. The number of fused-ring (bicyclic) bond motifs is 1. The van der Waals surface area contributed by atoms with Crippen LogP contribution in [0.1, 0.15) is 42.0 Å². The Bertz CT molecular complexity index is 886. The summed E-state index contributed by atoms with van der Waals surface area (Å²) >= 11 is 7.69. The van der Waals surface area contributed by atoms with Crippen LogP contribution in [0.3, 0.4) is 0 Å². The van der Waals surface area contributed by atoms with Gasteiger partial charge in [0.25, 0.3) is 0 Å². The van der Waals surface area contributed by atoms with Gasteiger partial charge in [0.1, 0.15) is 10.8 Å². The van der Waals surface area contributed by atoms with Crippen molar-refractivity contribution in [2.45, 2.75) is 46.5 Å². The van der Waals surface area contributed by atoms with Crippen molar-refractivity contribution in [3.63, 3.8) is 0 Å². The molecular formula is C23H26ClNOS. The van der Waals surface area contributed by atoms with E-state index < -0.39 is 0 Å². The van der Waals surface area contributed by atoms with Gasteiger partial charge in [-0.2, -0.15) is 0 Å². The van der Waals surface area contributed by atoms with Crippen LogP contribution in [-0.2, 0) is 19.3 Å². The average molecular weight is 400 g/mol. The van der Waals surface area contributed by atoms with Crippen LogP contribution < -0.4 is 4.74 Å². The summed E-state index contributed by atoms with van der Waals surface area (Å²) in [6, 6.07) is 14.4. The van der Waals surface area contributed by atoms with Crippen LogP contribution in [0.25, 0.3) is 10.6 Å². The Morgan fingerprint density at radius 3 is 2.56 bits per heavy atom. The van der Waals surface area contributed by atoms with Crippen LogP contribution in [0.5, 0.6) is 5.75 Å². The van der Waals surface area contributed by atoms with E-state index in [4.69, 9.17) is 21.3 Å². The van der Waals surface area contributed by atoms with E-state index in [2.05, 4.69) is 25.1 Å². The third-order valence-electron chi connectivity index (χ3n) is 4.66. The quantitative estimate of drug-likeness (QED) is 0.465. The lowest BCUT2D eigenvalue weighted by molar-refractivity contribution is 0.320. The predicted octanol–water partition coefficient (Wildman–Crippen LogP) is 6.91. The summed E-state index contributed by atoms with van der Waals surface area (Å²) in [4.78, 5) is 6.05. The Morgan fingerprint density at radius 1 is 1.04 bits per heavy atom. The molecule has 0 atom stereocenters. The minimum atomic E-state index is 0.656. The van der Waals surface area contributed by atoms with Gasteiger partial charge in [-0.3, -0.25) is 0 Å². The highest BCUT2D eigenvalue weighted by Gasteiger charge is 2.12. The van der Waals surface area contributed by atoms with Gasteiger partial charge in [-0.15, -0.1) is 11.3 Å². The summed E-state index contributed by atoms with van der Waals surface area (Å²) in [6.07, 6.45) is 4.49. The number of thiazole rings is 1. The maximum Gasteiger partial charge on any atom is 0.123 e. The summed E-state index contributed by atoms with van der Waals surface area (Å²) in [7, 11) is 0. The van der Waals surface area contributed by atoms with Crippen molar-refractivity contribution in [1.29, 1.82) is 0 Å². The van der Waals surface area contributed by atoms with E-state index in [1.165, 1.54) is 35.3 Å². The number of hydrogen-bond donors (Lipinski definition) is 0. The number of hydrogen-bond acceptors (Lipinski definition) is 3. The summed E-state index contributed by atoms with van der Waals surface area (Å²) in [5, 5.41) is 1.79. The van der Waals surface area contributed by atoms with E-state index in [9.17, 15) is 0 Å². The van der Waals surface area contributed by atoms with Crippen molar-refractivity contribution in [1.82, 2.24) is 4.98 Å². The summed E-state index contributed by atoms with van der Waals surface area (Å²) in [5.74, 6) is 0.978. The molecule has 0 amide bonds. The molecule has 0 fully saturated rings. The third kappa shape index (κ3) is 4.91.